The van der Waals surface area contributed by atoms with Gasteiger partial charge >= 0.3 is 0 Å². The maximum Gasteiger partial charge on any atom is 0.262 e. The number of aromatic hydroxyl groups is 1. The summed E-state index contributed by atoms with van der Waals surface area (Å²) in [4.78, 5) is 28.6. The molecule has 0 saturated carbocycles. The van der Waals surface area contributed by atoms with Crippen molar-refractivity contribution in [2.24, 2.45) is 0 Å². The lowest BCUT2D eigenvalue weighted by atomic mass is 10.3. The van der Waals surface area contributed by atoms with Gasteiger partial charge in [-0.05, 0) is 24.3 Å². The van der Waals surface area contributed by atoms with Crippen molar-refractivity contribution in [3.63, 3.8) is 0 Å². The summed E-state index contributed by atoms with van der Waals surface area (Å²) in [5.74, 6) is -0.0127. The highest BCUT2D eigenvalue weighted by atomic mass is 32.2. The Labute approximate surface area is 159 Å². The van der Waals surface area contributed by atoms with Crippen LogP contribution in [0.3, 0.4) is 0 Å². The molecule has 3 rings (SSSR count). The average Bonchev–Trinajstić information content (AvgIpc) is 2.67. The van der Waals surface area contributed by atoms with Crippen LogP contribution in [0.2, 0.25) is 0 Å². The number of anilines is 1. The molecule has 0 radical (unpaired) electrons. The lowest BCUT2D eigenvalue weighted by molar-refractivity contribution is -0.113. The largest absolute Gasteiger partial charge is 0.497 e. The molecule has 8 heteroatoms. The van der Waals surface area contributed by atoms with E-state index in [1.165, 1.54) is 4.57 Å². The molecule has 2 aromatic carbocycles. The van der Waals surface area contributed by atoms with Gasteiger partial charge in [0.05, 0.1) is 24.6 Å². The predicted molar refractivity (Wildman–Crippen MR) is 104 cm³/mol. The molecular weight excluding hydrogens is 366 g/mol. The lowest BCUT2D eigenvalue weighted by Gasteiger charge is -2.12. The third-order valence-corrected chi connectivity index (χ3v) is 4.51. The van der Waals surface area contributed by atoms with Crippen LogP contribution in [0.5, 0.6) is 11.6 Å². The summed E-state index contributed by atoms with van der Waals surface area (Å²) >= 11 is 1.06. The van der Waals surface area contributed by atoms with Gasteiger partial charge in [-0.2, -0.15) is 4.98 Å². The number of rotatable bonds is 6. The van der Waals surface area contributed by atoms with E-state index in [0.717, 1.165) is 17.8 Å². The molecule has 0 aliphatic carbocycles. The zero-order valence-electron chi connectivity index (χ0n) is 14.5. The number of hydrogen-bond acceptors (Lipinski definition) is 6. The highest BCUT2D eigenvalue weighted by Gasteiger charge is 2.13. The van der Waals surface area contributed by atoms with Crippen molar-refractivity contribution in [1.82, 2.24) is 9.55 Å². The highest BCUT2D eigenvalue weighted by molar-refractivity contribution is 7.99. The lowest BCUT2D eigenvalue weighted by Crippen LogP contribution is -2.21. The number of hydrogen-bond donors (Lipinski definition) is 2. The van der Waals surface area contributed by atoms with Crippen LogP contribution in [0.15, 0.2) is 70.6 Å². The first-order valence-electron chi connectivity index (χ1n) is 8.02. The maximum absolute atomic E-state index is 12.3. The SMILES string of the molecule is COc1cccc(NC(=O)CSc2nc(O)cc(=O)n2-c2ccccc2)c1. The number of carbonyl (C=O) groups excluding carboxylic acids is 1. The molecule has 2 N–H and O–H groups in total. The summed E-state index contributed by atoms with van der Waals surface area (Å²) in [6.45, 7) is 0. The fraction of sp³-hybridized carbons (Fsp3) is 0.105. The zero-order valence-corrected chi connectivity index (χ0v) is 15.3. The van der Waals surface area contributed by atoms with Crippen molar-refractivity contribution in [2.45, 2.75) is 5.16 Å². The third-order valence-electron chi connectivity index (χ3n) is 3.57. The molecule has 27 heavy (non-hydrogen) atoms. The van der Waals surface area contributed by atoms with Gasteiger partial charge < -0.3 is 15.2 Å². The van der Waals surface area contributed by atoms with Crippen molar-refractivity contribution < 1.29 is 14.6 Å². The van der Waals surface area contributed by atoms with Crippen LogP contribution in [-0.2, 0) is 4.79 Å². The number of ether oxygens (including phenoxy) is 1. The van der Waals surface area contributed by atoms with Gasteiger partial charge in [-0.25, -0.2) is 0 Å². The van der Waals surface area contributed by atoms with Gasteiger partial charge in [0.1, 0.15) is 5.75 Å². The Hall–Kier alpha value is -3.26. The van der Waals surface area contributed by atoms with E-state index >= 15 is 0 Å². The maximum atomic E-state index is 12.3. The van der Waals surface area contributed by atoms with E-state index < -0.39 is 5.56 Å². The van der Waals surface area contributed by atoms with Gasteiger partial charge in [0.2, 0.25) is 11.8 Å². The van der Waals surface area contributed by atoms with Crippen LogP contribution in [0, 0.1) is 0 Å². The third kappa shape index (κ3) is 4.68. The number of methoxy groups -OCH3 is 1. The monoisotopic (exact) mass is 383 g/mol. The second kappa shape index (κ2) is 8.41. The fourth-order valence-electron chi connectivity index (χ4n) is 2.39. The topological polar surface area (TPSA) is 93.5 Å². The van der Waals surface area contributed by atoms with Crippen LogP contribution in [0.4, 0.5) is 5.69 Å². The molecule has 0 fully saturated rings. The molecule has 0 spiro atoms. The van der Waals surface area contributed by atoms with Gasteiger partial charge in [0.25, 0.3) is 5.56 Å². The summed E-state index contributed by atoms with van der Waals surface area (Å²) in [6, 6.07) is 16.9. The minimum Gasteiger partial charge on any atom is -0.497 e. The molecule has 7 nitrogen and oxygen atoms in total. The van der Waals surface area contributed by atoms with Crippen molar-refractivity contribution >= 4 is 23.4 Å². The predicted octanol–water partition coefficient (Wildman–Crippen LogP) is 2.68. The summed E-state index contributed by atoms with van der Waals surface area (Å²) in [5.41, 5.74) is 0.777. The van der Waals surface area contributed by atoms with Crippen molar-refractivity contribution in [3.8, 4) is 17.3 Å². The molecule has 0 unspecified atom stereocenters. The zero-order chi connectivity index (χ0) is 19.2. The number of amides is 1. The highest BCUT2D eigenvalue weighted by Crippen LogP contribution is 2.21. The first kappa shape index (κ1) is 18.5. The first-order chi connectivity index (χ1) is 13.1. The minimum atomic E-state index is -0.426. The van der Waals surface area contributed by atoms with Crippen molar-refractivity contribution in [2.75, 3.05) is 18.2 Å². The molecule has 0 atom stereocenters. The van der Waals surface area contributed by atoms with E-state index in [1.54, 1.807) is 55.6 Å². The Bertz CT molecular complexity index is 1010. The van der Waals surface area contributed by atoms with E-state index in [9.17, 15) is 14.7 Å². The molecular formula is C19H17N3O4S. The van der Waals surface area contributed by atoms with Crippen LogP contribution in [-0.4, -0.2) is 33.4 Å². The van der Waals surface area contributed by atoms with E-state index in [-0.39, 0.29) is 22.7 Å². The number of aromatic nitrogens is 2. The molecule has 1 aromatic heterocycles. The summed E-state index contributed by atoms with van der Waals surface area (Å²) in [6.07, 6.45) is 0. The average molecular weight is 383 g/mol. The Morgan fingerprint density at radius 2 is 1.96 bits per heavy atom. The standard InChI is InChI=1S/C19H17N3O4S/c1-26-15-9-5-6-13(10-15)20-17(24)12-27-19-21-16(23)11-18(25)22(19)14-7-3-2-4-8-14/h2-11,23H,12H2,1H3,(H,20,24). The van der Waals surface area contributed by atoms with E-state index in [0.29, 0.717) is 17.1 Å². The first-order valence-corrected chi connectivity index (χ1v) is 9.00. The second-order valence-corrected chi connectivity index (χ2v) is 6.42. The number of thioether (sulfide) groups is 1. The molecule has 0 aliphatic rings. The van der Waals surface area contributed by atoms with Gasteiger partial charge in [-0.15, -0.1) is 0 Å². The van der Waals surface area contributed by atoms with Crippen LogP contribution in [0.1, 0.15) is 0 Å². The Balaban J connectivity index is 1.77. The number of carbonyl (C=O) groups is 1. The van der Waals surface area contributed by atoms with Gasteiger partial charge in [0.15, 0.2) is 5.16 Å². The molecule has 1 heterocycles. The van der Waals surface area contributed by atoms with E-state index in [2.05, 4.69) is 10.3 Å². The molecule has 0 aliphatic heterocycles. The molecule has 1 amide bonds. The normalized spacial score (nSPS) is 10.4. The van der Waals surface area contributed by atoms with Gasteiger partial charge in [-0.3, -0.25) is 14.2 Å². The van der Waals surface area contributed by atoms with Crippen LogP contribution >= 0.6 is 11.8 Å². The van der Waals surface area contributed by atoms with E-state index in [1.807, 2.05) is 6.07 Å². The second-order valence-electron chi connectivity index (χ2n) is 5.47. The Morgan fingerprint density at radius 1 is 1.19 bits per heavy atom. The van der Waals surface area contributed by atoms with E-state index in [4.69, 9.17) is 4.74 Å². The van der Waals surface area contributed by atoms with Gasteiger partial charge in [-0.1, -0.05) is 36.0 Å². The summed E-state index contributed by atoms with van der Waals surface area (Å²) < 4.78 is 6.47. The summed E-state index contributed by atoms with van der Waals surface area (Å²) in [7, 11) is 1.55. The number of para-hydroxylation sites is 1. The molecule has 0 saturated heterocycles. The van der Waals surface area contributed by atoms with Crippen LogP contribution < -0.4 is 15.6 Å². The Kier molecular flexibility index (Phi) is 5.77. The quantitative estimate of drug-likeness (QED) is 0.502. The summed E-state index contributed by atoms with van der Waals surface area (Å²) in [5, 5.41) is 12.7. The fourth-order valence-corrected chi connectivity index (χ4v) is 3.20. The molecule has 138 valence electrons. The van der Waals surface area contributed by atoms with Crippen molar-refractivity contribution in [1.29, 1.82) is 0 Å². The Morgan fingerprint density at radius 3 is 2.70 bits per heavy atom. The number of nitrogens with zero attached hydrogens (tertiary/aromatic N) is 2. The minimum absolute atomic E-state index is 0.0138. The number of benzene rings is 2. The van der Waals surface area contributed by atoms with Crippen molar-refractivity contribution in [3.05, 3.63) is 71.0 Å². The molecule has 3 aromatic rings. The smallest absolute Gasteiger partial charge is 0.262 e. The van der Waals surface area contributed by atoms with Gasteiger partial charge in [0, 0.05) is 11.8 Å². The number of nitrogens with one attached hydrogen (secondary N) is 1. The van der Waals surface area contributed by atoms with Crippen LogP contribution in [0.25, 0.3) is 5.69 Å². The molecule has 0 bridgehead atoms.